The second-order valence-electron chi connectivity index (χ2n) is 26.7. The summed E-state index contributed by atoms with van der Waals surface area (Å²) in [6.07, 6.45) is 4.65. The number of ether oxygens (including phenoxy) is 2. The molecule has 4 saturated carbocycles. The summed E-state index contributed by atoms with van der Waals surface area (Å²) in [5, 5.41) is 46.5. The van der Waals surface area contributed by atoms with Gasteiger partial charge in [0.2, 0.25) is 5.76 Å². The number of nitrogens with zero attached hydrogens (tertiary/aromatic N) is 1. The Morgan fingerprint density at radius 2 is 1.49 bits per heavy atom. The molecule has 0 bridgehead atoms. The van der Waals surface area contributed by atoms with Crippen LogP contribution in [0.4, 0.5) is 10.1 Å². The zero-order valence-electron chi connectivity index (χ0n) is 51.0. The van der Waals surface area contributed by atoms with Gasteiger partial charge in [0.25, 0.3) is 11.7 Å². The van der Waals surface area contributed by atoms with Crippen molar-refractivity contribution in [3.63, 3.8) is 0 Å². The van der Waals surface area contributed by atoms with Crippen LogP contribution >= 0.6 is 7.82 Å². The summed E-state index contributed by atoms with van der Waals surface area (Å²) in [6, 6.07) is 24.4. The molecule has 9 rings (SSSR count). The van der Waals surface area contributed by atoms with E-state index >= 15 is 0 Å². The maximum absolute atomic E-state index is 14.5. The average Bonchev–Trinajstić information content (AvgIpc) is 1.88. The molecule has 1 aliphatic heterocycles. The fourth-order valence-corrected chi connectivity index (χ4v) is 17.7. The maximum atomic E-state index is 14.5. The van der Waals surface area contributed by atoms with Crippen molar-refractivity contribution in [1.29, 1.82) is 0 Å². The molecule has 4 aliphatic carbocycles. The Labute approximate surface area is 501 Å². The molecular formula is C68H92FN2O13P. The molecular weight excluding hydrogens is 1100 g/mol. The highest BCUT2D eigenvalue weighted by atomic mass is 31.2. The molecule has 1 aromatic heterocycles. The van der Waals surface area contributed by atoms with Crippen LogP contribution in [0.3, 0.4) is 0 Å². The SMILES string of the molecule is CC[C@H](CC[C@@H](C)C1CC[C@H]2[C@@H]3CC[C@H]4CC(OP(=O)(O)OC5=C(OC(=O)C[C@H](O)C[C@H](O)CCn6c(-c7ccc(F)cc7)c(-c7ccccc7)c(C(=O)Nc7ccccc7)c6C(C)C)C(C(O)CO)OC5=O)CC[C@]4(C)[C@H]3CC[C@]12C)C(C)C. The molecule has 464 valence electrons. The van der Waals surface area contributed by atoms with Crippen LogP contribution in [0.2, 0.25) is 0 Å². The molecule has 15 atom stereocenters. The molecule has 3 aromatic carbocycles. The summed E-state index contributed by atoms with van der Waals surface area (Å²) in [4.78, 5) is 52.9. The molecule has 1 amide bonds. The zero-order chi connectivity index (χ0) is 61.1. The molecule has 2 heterocycles. The molecule has 5 unspecified atom stereocenters. The lowest BCUT2D eigenvalue weighted by atomic mass is 9.44. The van der Waals surface area contributed by atoms with E-state index in [1.54, 1.807) is 24.3 Å². The number of rotatable bonds is 25. The molecule has 15 nitrogen and oxygen atoms in total. The number of esters is 2. The van der Waals surface area contributed by atoms with Crippen molar-refractivity contribution in [2.45, 2.75) is 195 Å². The van der Waals surface area contributed by atoms with Gasteiger partial charge in [-0.15, -0.1) is 0 Å². The van der Waals surface area contributed by atoms with Gasteiger partial charge in [-0.3, -0.25) is 19.0 Å². The lowest BCUT2D eigenvalue weighted by Crippen LogP contribution is -2.54. The normalized spacial score (nSPS) is 28.1. The van der Waals surface area contributed by atoms with Gasteiger partial charge < -0.3 is 44.3 Å². The van der Waals surface area contributed by atoms with Crippen molar-refractivity contribution in [1.82, 2.24) is 4.57 Å². The number of fused-ring (bicyclic) bond motifs is 5. The number of hydrogen-bond donors (Lipinski definition) is 6. The molecule has 5 aliphatic rings. The van der Waals surface area contributed by atoms with E-state index in [1.165, 1.54) is 57.1 Å². The molecule has 6 N–H and O–H groups in total. The van der Waals surface area contributed by atoms with Crippen LogP contribution in [0.25, 0.3) is 22.4 Å². The topological polar surface area (TPSA) is 223 Å². The minimum Gasteiger partial charge on any atom is -0.445 e. The first-order valence-electron chi connectivity index (χ1n) is 31.4. The lowest BCUT2D eigenvalue weighted by molar-refractivity contribution is -0.152. The monoisotopic (exact) mass is 1190 g/mol. The number of hydrogen-bond acceptors (Lipinski definition) is 12. The first kappa shape index (κ1) is 64.3. The number of phosphoric ester groups is 1. The summed E-state index contributed by atoms with van der Waals surface area (Å²) in [5.74, 6) is -0.211. The van der Waals surface area contributed by atoms with Crippen LogP contribution in [-0.2, 0) is 39.2 Å². The van der Waals surface area contributed by atoms with Gasteiger partial charge in [-0.05, 0) is 189 Å². The van der Waals surface area contributed by atoms with E-state index in [0.717, 1.165) is 36.7 Å². The largest absolute Gasteiger partial charge is 0.528 e. The molecule has 85 heavy (non-hydrogen) atoms. The Balaban J connectivity index is 0.849. The van der Waals surface area contributed by atoms with Gasteiger partial charge in [0, 0.05) is 23.5 Å². The summed E-state index contributed by atoms with van der Waals surface area (Å²) < 4.78 is 52.4. The fraction of sp³-hybridized carbons (Fsp3) is 0.603. The summed E-state index contributed by atoms with van der Waals surface area (Å²) >= 11 is 0. The first-order chi connectivity index (χ1) is 40.5. The van der Waals surface area contributed by atoms with E-state index in [2.05, 4.69) is 46.9 Å². The van der Waals surface area contributed by atoms with Gasteiger partial charge in [-0.1, -0.05) is 117 Å². The van der Waals surface area contributed by atoms with E-state index < -0.39 is 80.6 Å². The second-order valence-corrected chi connectivity index (χ2v) is 28.0. The number of cyclic esters (lactones) is 1. The second kappa shape index (κ2) is 27.1. The van der Waals surface area contributed by atoms with Crippen molar-refractivity contribution in [3.8, 4) is 22.4 Å². The first-order valence-corrected chi connectivity index (χ1v) is 32.9. The minimum atomic E-state index is -5.13. The number of halogens is 1. The number of para-hydroxylation sites is 1. The van der Waals surface area contributed by atoms with Gasteiger partial charge in [-0.25, -0.2) is 13.8 Å². The number of anilines is 1. The van der Waals surface area contributed by atoms with Crippen LogP contribution in [0, 0.1) is 64.0 Å². The third kappa shape index (κ3) is 13.9. The standard InChI is InChI=1S/C68H92FN2O13P/c1-9-43(40(2)3)21-20-42(6)53-28-29-54-52-27-24-46-36-51(30-33-67(46,7)55(52)31-34-68(53,54)8)83-85(79,80)84-64-63(62(56(75)39-72)82-66(64)78)81-57(76)38-50(74)37-49(73)32-35-71-60(41(4)5)59(65(77)70-48-18-14-11-15-19-48)58(44-16-12-10-13-17-44)61(71)45-22-25-47(69)26-23-45/h10-19,22-23,25-26,40-43,46,49-56,62,72-75H,9,20-21,24,27-39H2,1-8H3,(H,70,77)(H,79,80)/t42-,43-,46+,49-,50-,51?,52+,53?,54+,55+,56?,62?,67+,68-/m1/s1. The van der Waals surface area contributed by atoms with Gasteiger partial charge in [0.1, 0.15) is 11.9 Å². The minimum absolute atomic E-state index is 0.0188. The van der Waals surface area contributed by atoms with Crippen molar-refractivity contribution >= 4 is 31.4 Å². The summed E-state index contributed by atoms with van der Waals surface area (Å²) in [7, 11) is -5.13. The van der Waals surface area contributed by atoms with Crippen molar-refractivity contribution < 1.29 is 67.2 Å². The maximum Gasteiger partial charge on any atom is 0.528 e. The summed E-state index contributed by atoms with van der Waals surface area (Å²) in [5.41, 5.74) is 4.57. The third-order valence-electron chi connectivity index (χ3n) is 20.9. The number of amides is 1. The van der Waals surface area contributed by atoms with Gasteiger partial charge in [0.05, 0.1) is 42.6 Å². The van der Waals surface area contributed by atoms with E-state index in [0.29, 0.717) is 81.6 Å². The quantitative estimate of drug-likeness (QED) is 0.0269. The Morgan fingerprint density at radius 3 is 2.15 bits per heavy atom. The number of phosphoric acid groups is 1. The highest BCUT2D eigenvalue weighted by Gasteiger charge is 2.61. The number of carbonyl (C=O) groups excluding carboxylic acids is 3. The molecule has 4 aromatic rings. The van der Waals surface area contributed by atoms with Crippen LogP contribution in [0.1, 0.15) is 174 Å². The Hall–Kier alpha value is -5.19. The molecule has 0 radical (unpaired) electrons. The Bertz CT molecular complexity index is 3040. The van der Waals surface area contributed by atoms with Crippen LogP contribution < -0.4 is 5.32 Å². The number of benzene rings is 3. The van der Waals surface area contributed by atoms with E-state index in [1.807, 2.05) is 66.9 Å². The van der Waals surface area contributed by atoms with Crippen LogP contribution in [-0.4, -0.2) is 84.9 Å². The molecule has 0 spiro atoms. The third-order valence-corrected chi connectivity index (χ3v) is 21.9. The zero-order valence-corrected chi connectivity index (χ0v) is 51.9. The lowest BCUT2D eigenvalue weighted by Gasteiger charge is -2.61. The number of carbonyl (C=O) groups is 3. The van der Waals surface area contributed by atoms with E-state index in [-0.39, 0.29) is 42.5 Å². The molecule has 17 heteroatoms. The van der Waals surface area contributed by atoms with E-state index in [4.69, 9.17) is 18.5 Å². The van der Waals surface area contributed by atoms with Crippen molar-refractivity contribution in [2.75, 3.05) is 11.9 Å². The van der Waals surface area contributed by atoms with Gasteiger partial charge in [0.15, 0.2) is 6.10 Å². The smallest absolute Gasteiger partial charge is 0.445 e. The Morgan fingerprint density at radius 1 is 0.824 bits per heavy atom. The predicted octanol–water partition coefficient (Wildman–Crippen LogP) is 13.5. The number of aliphatic hydroxyl groups is 4. The van der Waals surface area contributed by atoms with Gasteiger partial charge >= 0.3 is 19.8 Å². The van der Waals surface area contributed by atoms with Crippen molar-refractivity contribution in [2.24, 2.45) is 58.2 Å². The number of aromatic nitrogens is 1. The summed E-state index contributed by atoms with van der Waals surface area (Å²) in [6.45, 7) is 17.6. The van der Waals surface area contributed by atoms with Crippen LogP contribution in [0.15, 0.2) is 96.4 Å². The fourth-order valence-electron chi connectivity index (χ4n) is 16.6. The van der Waals surface area contributed by atoms with Crippen molar-refractivity contribution in [3.05, 3.63) is 114 Å². The van der Waals surface area contributed by atoms with Gasteiger partial charge in [-0.2, -0.15) is 0 Å². The van der Waals surface area contributed by atoms with E-state index in [9.17, 15) is 48.7 Å². The Kier molecular flexibility index (Phi) is 20.5. The number of nitrogens with one attached hydrogen (secondary N) is 1. The molecule has 4 fully saturated rings. The number of aliphatic hydroxyl groups excluding tert-OH is 4. The average molecular weight is 1200 g/mol. The molecule has 0 saturated heterocycles. The van der Waals surface area contributed by atoms with Crippen LogP contribution in [0.5, 0.6) is 0 Å². The predicted molar refractivity (Wildman–Crippen MR) is 324 cm³/mol. The highest BCUT2D eigenvalue weighted by molar-refractivity contribution is 7.47. The highest BCUT2D eigenvalue weighted by Crippen LogP contribution is 2.69.